The Morgan fingerprint density at radius 1 is 0.811 bits per heavy atom. The molecule has 0 spiro atoms. The topological polar surface area (TPSA) is 107 Å². The van der Waals surface area contributed by atoms with Gasteiger partial charge in [-0.1, -0.05) is 0 Å². The lowest BCUT2D eigenvalue weighted by Gasteiger charge is -2.29. The van der Waals surface area contributed by atoms with Crippen LogP contribution in [0.4, 0.5) is 8.78 Å². The van der Waals surface area contributed by atoms with Gasteiger partial charge >= 0.3 is 5.97 Å². The van der Waals surface area contributed by atoms with Gasteiger partial charge in [-0.15, -0.1) is 0 Å². The molecule has 1 aliphatic carbocycles. The Balaban J connectivity index is 1.31. The molecule has 2 amide bonds. The van der Waals surface area contributed by atoms with Crippen molar-refractivity contribution in [2.24, 2.45) is 0 Å². The highest BCUT2D eigenvalue weighted by Crippen LogP contribution is 2.25. The van der Waals surface area contributed by atoms with E-state index < -0.39 is 23.5 Å². The van der Waals surface area contributed by atoms with Crippen LogP contribution in [0.1, 0.15) is 56.8 Å². The van der Waals surface area contributed by atoms with E-state index in [9.17, 15) is 23.2 Å². The predicted molar refractivity (Wildman–Crippen MR) is 129 cm³/mol. The maximum absolute atomic E-state index is 13.9. The molecule has 0 radical (unpaired) electrons. The number of halogens is 2. The van der Waals surface area contributed by atoms with Crippen molar-refractivity contribution in [3.05, 3.63) is 89.1 Å². The molecule has 4 rings (SSSR count). The lowest BCUT2D eigenvalue weighted by molar-refractivity contribution is 0.0600. The standard InChI is InChI=1S/C27H25F2N3O5/c1-36-27(35)17-4-2-16(3-5-17)24(33)31-20-8-10-21(11-9-20)32-25(34)23-14-19(29)15-30-26(23)37-22-12-6-18(28)7-13-22/h2-7,12-15,20-21H,8-11H2,1H3,(H,31,33)(H,32,34). The highest BCUT2D eigenvalue weighted by atomic mass is 19.1. The van der Waals surface area contributed by atoms with Crippen molar-refractivity contribution in [1.82, 2.24) is 15.6 Å². The smallest absolute Gasteiger partial charge is 0.337 e. The van der Waals surface area contributed by atoms with Crippen LogP contribution in [0.2, 0.25) is 0 Å². The Morgan fingerprint density at radius 2 is 1.38 bits per heavy atom. The predicted octanol–water partition coefficient (Wildman–Crippen LogP) is 4.41. The van der Waals surface area contributed by atoms with E-state index in [4.69, 9.17) is 4.74 Å². The fourth-order valence-corrected chi connectivity index (χ4v) is 4.07. The van der Waals surface area contributed by atoms with Crippen molar-refractivity contribution in [3.63, 3.8) is 0 Å². The molecule has 1 aromatic heterocycles. The lowest BCUT2D eigenvalue weighted by atomic mass is 9.90. The largest absolute Gasteiger partial charge is 0.465 e. The van der Waals surface area contributed by atoms with E-state index in [2.05, 4.69) is 20.4 Å². The van der Waals surface area contributed by atoms with Crippen LogP contribution in [0, 0.1) is 11.6 Å². The molecule has 10 heteroatoms. The normalized spacial score (nSPS) is 16.9. The number of ether oxygens (including phenoxy) is 2. The minimum absolute atomic E-state index is 0.0739. The number of pyridine rings is 1. The molecule has 37 heavy (non-hydrogen) atoms. The summed E-state index contributed by atoms with van der Waals surface area (Å²) in [7, 11) is 1.29. The second-order valence-corrected chi connectivity index (χ2v) is 8.63. The molecule has 0 saturated heterocycles. The van der Waals surface area contributed by atoms with Crippen LogP contribution < -0.4 is 15.4 Å². The molecule has 0 unspecified atom stereocenters. The molecular weight excluding hydrogens is 484 g/mol. The Hall–Kier alpha value is -4.34. The van der Waals surface area contributed by atoms with Gasteiger partial charge in [0.15, 0.2) is 0 Å². The van der Waals surface area contributed by atoms with E-state index in [0.29, 0.717) is 36.8 Å². The molecular formula is C27H25F2N3O5. The Labute approximate surface area is 212 Å². The Bertz CT molecular complexity index is 1270. The summed E-state index contributed by atoms with van der Waals surface area (Å²) >= 11 is 0. The van der Waals surface area contributed by atoms with E-state index >= 15 is 0 Å². The first-order valence-electron chi connectivity index (χ1n) is 11.7. The van der Waals surface area contributed by atoms with Crippen molar-refractivity contribution in [2.75, 3.05) is 7.11 Å². The molecule has 1 heterocycles. The van der Waals surface area contributed by atoms with Gasteiger partial charge in [-0.25, -0.2) is 18.6 Å². The zero-order valence-electron chi connectivity index (χ0n) is 20.0. The highest BCUT2D eigenvalue weighted by molar-refractivity contribution is 5.97. The Morgan fingerprint density at radius 3 is 1.97 bits per heavy atom. The molecule has 0 bridgehead atoms. The van der Waals surface area contributed by atoms with Crippen molar-refractivity contribution in [3.8, 4) is 11.6 Å². The van der Waals surface area contributed by atoms with Gasteiger partial charge in [-0.2, -0.15) is 0 Å². The third-order valence-corrected chi connectivity index (χ3v) is 6.06. The van der Waals surface area contributed by atoms with Crippen LogP contribution >= 0.6 is 0 Å². The maximum Gasteiger partial charge on any atom is 0.337 e. The van der Waals surface area contributed by atoms with Gasteiger partial charge in [0.25, 0.3) is 11.8 Å². The van der Waals surface area contributed by atoms with Crippen molar-refractivity contribution in [2.45, 2.75) is 37.8 Å². The average molecular weight is 510 g/mol. The van der Waals surface area contributed by atoms with Gasteiger partial charge in [0.2, 0.25) is 5.88 Å². The van der Waals surface area contributed by atoms with Crippen LogP contribution in [-0.4, -0.2) is 42.0 Å². The van der Waals surface area contributed by atoms with E-state index in [1.165, 1.54) is 43.5 Å². The van der Waals surface area contributed by atoms with Crippen molar-refractivity contribution in [1.29, 1.82) is 0 Å². The lowest BCUT2D eigenvalue weighted by Crippen LogP contribution is -2.43. The number of nitrogens with zero attached hydrogens (tertiary/aromatic N) is 1. The molecule has 2 aromatic carbocycles. The zero-order chi connectivity index (χ0) is 26.4. The van der Waals surface area contributed by atoms with Crippen molar-refractivity contribution < 1.29 is 32.6 Å². The van der Waals surface area contributed by atoms with E-state index in [0.717, 1.165) is 12.3 Å². The number of esters is 1. The van der Waals surface area contributed by atoms with E-state index in [-0.39, 0.29) is 35.2 Å². The summed E-state index contributed by atoms with van der Waals surface area (Å²) in [6.45, 7) is 0. The van der Waals surface area contributed by atoms with Crippen LogP contribution in [0.15, 0.2) is 60.8 Å². The number of rotatable bonds is 7. The SMILES string of the molecule is COC(=O)c1ccc(C(=O)NC2CCC(NC(=O)c3cc(F)cnc3Oc3ccc(F)cc3)CC2)cc1. The van der Waals surface area contributed by atoms with E-state index in [1.807, 2.05) is 0 Å². The maximum atomic E-state index is 13.9. The minimum Gasteiger partial charge on any atom is -0.465 e. The molecule has 8 nitrogen and oxygen atoms in total. The Kier molecular flexibility index (Phi) is 8.07. The molecule has 1 aliphatic rings. The summed E-state index contributed by atoms with van der Waals surface area (Å²) in [4.78, 5) is 40.9. The molecule has 0 aliphatic heterocycles. The summed E-state index contributed by atoms with van der Waals surface area (Å²) in [5.74, 6) is -2.24. The molecule has 1 saturated carbocycles. The van der Waals surface area contributed by atoms with Gasteiger partial charge in [0.05, 0.1) is 18.9 Å². The first kappa shape index (κ1) is 25.7. The van der Waals surface area contributed by atoms with Crippen LogP contribution in [0.5, 0.6) is 11.6 Å². The molecule has 0 atom stereocenters. The zero-order valence-corrected chi connectivity index (χ0v) is 20.0. The summed E-state index contributed by atoms with van der Waals surface area (Å²) in [6, 6.07) is 12.1. The monoisotopic (exact) mass is 509 g/mol. The number of carbonyl (C=O) groups is 3. The van der Waals surface area contributed by atoms with Gasteiger partial charge in [0, 0.05) is 17.6 Å². The van der Waals surface area contributed by atoms with Gasteiger partial charge in [0.1, 0.15) is 22.9 Å². The number of methoxy groups -OCH3 is 1. The average Bonchev–Trinajstić information content (AvgIpc) is 2.91. The van der Waals surface area contributed by atoms with Crippen LogP contribution in [0.25, 0.3) is 0 Å². The molecule has 192 valence electrons. The quantitative estimate of drug-likeness (QED) is 0.457. The van der Waals surface area contributed by atoms with E-state index in [1.54, 1.807) is 12.1 Å². The van der Waals surface area contributed by atoms with Gasteiger partial charge < -0.3 is 20.1 Å². The summed E-state index contributed by atoms with van der Waals surface area (Å²) in [5, 5.41) is 5.86. The number of aromatic nitrogens is 1. The van der Waals surface area contributed by atoms with Crippen molar-refractivity contribution >= 4 is 17.8 Å². The second kappa shape index (κ2) is 11.6. The van der Waals surface area contributed by atoms with Gasteiger partial charge in [-0.05, 0) is 80.3 Å². The number of hydrogen-bond acceptors (Lipinski definition) is 6. The molecule has 1 fully saturated rings. The summed E-state index contributed by atoms with van der Waals surface area (Å²) in [5.41, 5.74) is 0.709. The number of amides is 2. The van der Waals surface area contributed by atoms with Crippen LogP contribution in [-0.2, 0) is 4.74 Å². The third kappa shape index (κ3) is 6.66. The highest BCUT2D eigenvalue weighted by Gasteiger charge is 2.26. The first-order chi connectivity index (χ1) is 17.8. The minimum atomic E-state index is -0.692. The van der Waals surface area contributed by atoms with Crippen LogP contribution in [0.3, 0.4) is 0 Å². The second-order valence-electron chi connectivity index (χ2n) is 8.63. The summed E-state index contributed by atoms with van der Waals surface area (Å²) < 4.78 is 37.3. The number of benzene rings is 2. The fraction of sp³-hybridized carbons (Fsp3) is 0.259. The summed E-state index contributed by atoms with van der Waals surface area (Å²) in [6.07, 6.45) is 3.42. The molecule has 2 N–H and O–H groups in total. The third-order valence-electron chi connectivity index (χ3n) is 6.06. The fourth-order valence-electron chi connectivity index (χ4n) is 4.07. The first-order valence-corrected chi connectivity index (χ1v) is 11.7. The number of hydrogen-bond donors (Lipinski definition) is 2. The van der Waals surface area contributed by atoms with Gasteiger partial charge in [-0.3, -0.25) is 9.59 Å². The molecule has 3 aromatic rings. The number of carbonyl (C=O) groups excluding carboxylic acids is 3. The number of nitrogens with one attached hydrogen (secondary N) is 2.